The Morgan fingerprint density at radius 2 is 1.71 bits per heavy atom. The second-order valence-electron chi connectivity index (χ2n) is 12.2. The SMILES string of the molecule is C=C1C(C(=C2CCC(CCNCCCNCC)CC2)C(=C/C)/C(C)=C\C)=C(Nc2ccccc2)C(=O)CC1C(C)CC. The number of carbonyl (C=O) groups excluding carboxylic acids is 1. The Morgan fingerprint density at radius 1 is 1.02 bits per heavy atom. The van der Waals surface area contributed by atoms with Crippen molar-refractivity contribution in [2.45, 2.75) is 92.9 Å². The number of hydrogen-bond acceptors (Lipinski definition) is 4. The summed E-state index contributed by atoms with van der Waals surface area (Å²) in [6.45, 7) is 22.2. The van der Waals surface area contributed by atoms with Gasteiger partial charge in [-0.05, 0) is 138 Å². The Kier molecular flexibility index (Phi) is 14.0. The van der Waals surface area contributed by atoms with Gasteiger partial charge in [0.15, 0.2) is 5.78 Å². The lowest BCUT2D eigenvalue weighted by Crippen LogP contribution is -2.30. The van der Waals surface area contributed by atoms with E-state index in [0.717, 1.165) is 73.9 Å². The van der Waals surface area contributed by atoms with Crippen molar-refractivity contribution in [3.63, 3.8) is 0 Å². The number of anilines is 1. The van der Waals surface area contributed by atoms with Crippen LogP contribution in [-0.4, -0.2) is 32.0 Å². The number of benzene rings is 1. The van der Waals surface area contributed by atoms with Crippen molar-refractivity contribution in [3.05, 3.63) is 88.2 Å². The normalized spacial score (nSPS) is 21.1. The molecule has 0 aromatic heterocycles. The molecule has 0 saturated heterocycles. The van der Waals surface area contributed by atoms with Crippen LogP contribution < -0.4 is 16.0 Å². The maximum atomic E-state index is 14.0. The molecule has 3 N–H and O–H groups in total. The van der Waals surface area contributed by atoms with Crippen molar-refractivity contribution in [2.24, 2.45) is 17.8 Å². The molecule has 2 atom stereocenters. The van der Waals surface area contributed by atoms with Gasteiger partial charge in [0, 0.05) is 17.7 Å². The van der Waals surface area contributed by atoms with Crippen molar-refractivity contribution in [1.82, 2.24) is 10.6 Å². The maximum Gasteiger partial charge on any atom is 0.180 e. The Hall–Kier alpha value is -2.69. The van der Waals surface area contributed by atoms with E-state index in [-0.39, 0.29) is 11.7 Å². The van der Waals surface area contributed by atoms with Crippen LogP contribution in [0.15, 0.2) is 88.2 Å². The molecule has 1 fully saturated rings. The first-order chi connectivity index (χ1) is 20.4. The first kappa shape index (κ1) is 33.8. The largest absolute Gasteiger partial charge is 0.352 e. The number of carbonyl (C=O) groups is 1. The van der Waals surface area contributed by atoms with Gasteiger partial charge in [-0.1, -0.05) is 69.7 Å². The number of hydrogen-bond donors (Lipinski definition) is 3. The van der Waals surface area contributed by atoms with E-state index in [2.05, 4.69) is 69.6 Å². The van der Waals surface area contributed by atoms with Crippen LogP contribution in [0, 0.1) is 17.8 Å². The van der Waals surface area contributed by atoms with E-state index in [9.17, 15) is 4.79 Å². The molecule has 2 aliphatic carbocycles. The van der Waals surface area contributed by atoms with Crippen LogP contribution >= 0.6 is 0 Å². The zero-order valence-electron chi connectivity index (χ0n) is 27.4. The van der Waals surface area contributed by atoms with Crippen molar-refractivity contribution in [3.8, 4) is 0 Å². The molecule has 2 unspecified atom stereocenters. The van der Waals surface area contributed by atoms with Crippen molar-refractivity contribution >= 4 is 11.5 Å². The van der Waals surface area contributed by atoms with Crippen molar-refractivity contribution in [1.29, 1.82) is 0 Å². The molecule has 1 aromatic carbocycles. The van der Waals surface area contributed by atoms with Gasteiger partial charge in [0.2, 0.25) is 0 Å². The van der Waals surface area contributed by atoms with Crippen molar-refractivity contribution in [2.75, 3.05) is 31.5 Å². The standard InChI is InChI=1S/C38H57N3O/c1-8-27(5)33(10-3)37(31-20-18-30(19-21-31)22-25-40-24-15-23-39-11-4)36-29(7)34(28(6)9-2)26-35(42)38(36)41-32-16-13-12-14-17-32/h8,10,12-14,16-17,28,30,34,39-41H,7,9,11,15,18-26H2,1-6H3/b27-8-,33-10+,37-31?. The summed E-state index contributed by atoms with van der Waals surface area (Å²) in [6.07, 6.45) is 13.0. The molecule has 0 radical (unpaired) electrons. The van der Waals surface area contributed by atoms with E-state index < -0.39 is 0 Å². The minimum absolute atomic E-state index is 0.161. The molecule has 0 spiro atoms. The zero-order valence-corrected chi connectivity index (χ0v) is 27.4. The third-order valence-electron chi connectivity index (χ3n) is 9.49. The fourth-order valence-corrected chi connectivity index (χ4v) is 6.56. The van der Waals surface area contributed by atoms with E-state index in [1.54, 1.807) is 0 Å². The molecular weight excluding hydrogens is 514 g/mol. The fourth-order valence-electron chi connectivity index (χ4n) is 6.56. The summed E-state index contributed by atoms with van der Waals surface area (Å²) < 4.78 is 0. The number of para-hydroxylation sites is 1. The lowest BCUT2D eigenvalue weighted by molar-refractivity contribution is -0.116. The van der Waals surface area contributed by atoms with Gasteiger partial charge < -0.3 is 16.0 Å². The van der Waals surface area contributed by atoms with Crippen LogP contribution in [0.4, 0.5) is 5.69 Å². The highest BCUT2D eigenvalue weighted by Crippen LogP contribution is 2.46. The molecule has 0 heterocycles. The lowest BCUT2D eigenvalue weighted by atomic mass is 9.69. The number of Topliss-reactive ketones (excluding diaryl/α,β-unsaturated/α-hetero) is 1. The predicted octanol–water partition coefficient (Wildman–Crippen LogP) is 8.92. The third-order valence-corrected chi connectivity index (χ3v) is 9.49. The minimum Gasteiger partial charge on any atom is -0.352 e. The summed E-state index contributed by atoms with van der Waals surface area (Å²) in [5, 5.41) is 10.6. The quantitative estimate of drug-likeness (QED) is 0.145. The summed E-state index contributed by atoms with van der Waals surface area (Å²) in [6, 6.07) is 10.1. The van der Waals surface area contributed by atoms with Gasteiger partial charge in [-0.3, -0.25) is 4.79 Å². The van der Waals surface area contributed by atoms with E-state index >= 15 is 0 Å². The number of ketones is 1. The molecule has 0 amide bonds. The molecule has 4 nitrogen and oxygen atoms in total. The Labute approximate surface area is 256 Å². The number of rotatable bonds is 15. The average molecular weight is 572 g/mol. The molecule has 2 aliphatic rings. The highest BCUT2D eigenvalue weighted by Gasteiger charge is 2.37. The molecule has 42 heavy (non-hydrogen) atoms. The first-order valence-corrected chi connectivity index (χ1v) is 16.6. The van der Waals surface area contributed by atoms with Gasteiger partial charge in [0.25, 0.3) is 0 Å². The average Bonchev–Trinajstić information content (AvgIpc) is 3.01. The van der Waals surface area contributed by atoms with Gasteiger partial charge in [0.05, 0.1) is 5.70 Å². The Balaban J connectivity index is 1.99. The van der Waals surface area contributed by atoms with Gasteiger partial charge in [-0.15, -0.1) is 0 Å². The molecule has 0 bridgehead atoms. The van der Waals surface area contributed by atoms with E-state index in [1.165, 1.54) is 48.0 Å². The van der Waals surface area contributed by atoms with E-state index in [0.29, 0.717) is 12.3 Å². The molecule has 1 aromatic rings. The first-order valence-electron chi connectivity index (χ1n) is 16.6. The smallest absolute Gasteiger partial charge is 0.180 e. The van der Waals surface area contributed by atoms with Crippen LogP contribution in [-0.2, 0) is 4.79 Å². The molecule has 4 heteroatoms. The Morgan fingerprint density at radius 3 is 2.33 bits per heavy atom. The lowest BCUT2D eigenvalue weighted by Gasteiger charge is -2.36. The third kappa shape index (κ3) is 8.91. The molecular formula is C38H57N3O. The van der Waals surface area contributed by atoms with E-state index in [4.69, 9.17) is 6.58 Å². The second-order valence-corrected chi connectivity index (χ2v) is 12.2. The Bertz CT molecular complexity index is 1160. The van der Waals surface area contributed by atoms with E-state index in [1.807, 2.05) is 30.3 Å². The molecule has 0 aliphatic heterocycles. The van der Waals surface area contributed by atoms with Crippen molar-refractivity contribution < 1.29 is 4.79 Å². The number of nitrogens with one attached hydrogen (secondary N) is 3. The number of allylic oxidation sites excluding steroid dienone is 9. The topological polar surface area (TPSA) is 53.2 Å². The minimum atomic E-state index is 0.161. The van der Waals surface area contributed by atoms with Crippen LogP contribution in [0.2, 0.25) is 0 Å². The summed E-state index contributed by atoms with van der Waals surface area (Å²) in [4.78, 5) is 14.0. The van der Waals surface area contributed by atoms with Gasteiger partial charge in [-0.25, -0.2) is 0 Å². The highest BCUT2D eigenvalue weighted by atomic mass is 16.1. The van der Waals surface area contributed by atoms with Gasteiger partial charge in [0.1, 0.15) is 0 Å². The maximum absolute atomic E-state index is 14.0. The molecule has 3 rings (SSSR count). The highest BCUT2D eigenvalue weighted by molar-refractivity contribution is 6.03. The second kappa shape index (κ2) is 17.4. The van der Waals surface area contributed by atoms with Crippen LogP contribution in [0.3, 0.4) is 0 Å². The van der Waals surface area contributed by atoms with Crippen LogP contribution in [0.1, 0.15) is 92.9 Å². The van der Waals surface area contributed by atoms with Crippen LogP contribution in [0.5, 0.6) is 0 Å². The van der Waals surface area contributed by atoms with Gasteiger partial charge in [-0.2, -0.15) is 0 Å². The predicted molar refractivity (Wildman–Crippen MR) is 182 cm³/mol. The summed E-state index contributed by atoms with van der Waals surface area (Å²) in [5.41, 5.74) is 9.10. The summed E-state index contributed by atoms with van der Waals surface area (Å²) >= 11 is 0. The molecule has 1 saturated carbocycles. The fraction of sp³-hybridized carbons (Fsp3) is 0.553. The zero-order chi connectivity index (χ0) is 30.5. The van der Waals surface area contributed by atoms with Gasteiger partial charge >= 0.3 is 0 Å². The summed E-state index contributed by atoms with van der Waals surface area (Å²) in [5.74, 6) is 1.51. The molecule has 230 valence electrons. The monoisotopic (exact) mass is 571 g/mol. The summed E-state index contributed by atoms with van der Waals surface area (Å²) in [7, 11) is 0. The van der Waals surface area contributed by atoms with Crippen LogP contribution in [0.25, 0.3) is 0 Å².